The highest BCUT2D eigenvalue weighted by atomic mass is 79.9. The van der Waals surface area contributed by atoms with E-state index >= 15 is 0 Å². The first-order chi connectivity index (χ1) is 9.47. The van der Waals surface area contributed by atoms with Gasteiger partial charge in [0, 0.05) is 16.9 Å². The van der Waals surface area contributed by atoms with E-state index in [2.05, 4.69) is 25.9 Å². The Kier molecular flexibility index (Phi) is 4.67. The summed E-state index contributed by atoms with van der Waals surface area (Å²) in [5.41, 5.74) is 1.63. The zero-order valence-electron chi connectivity index (χ0n) is 10.8. The molecule has 6 heteroatoms. The minimum atomic E-state index is -3.39. The Morgan fingerprint density at radius 3 is 2.60 bits per heavy atom. The van der Waals surface area contributed by atoms with Gasteiger partial charge in [0.2, 0.25) is 0 Å². The standard InChI is InChI=1S/C14H13BrN2O2S/c1-11-2-4-14(5-3-11)20(18,19)10-16-9-13-8-12(15)6-7-17-13/h2-9H,10H2,1H3. The van der Waals surface area contributed by atoms with Crippen LogP contribution in [0.5, 0.6) is 0 Å². The number of hydrogen-bond donors (Lipinski definition) is 0. The van der Waals surface area contributed by atoms with Crippen molar-refractivity contribution < 1.29 is 8.42 Å². The molecule has 0 aliphatic carbocycles. The number of pyridine rings is 1. The van der Waals surface area contributed by atoms with E-state index in [9.17, 15) is 8.42 Å². The maximum absolute atomic E-state index is 12.1. The van der Waals surface area contributed by atoms with Crippen molar-refractivity contribution in [3.05, 3.63) is 58.3 Å². The lowest BCUT2D eigenvalue weighted by atomic mass is 10.2. The lowest BCUT2D eigenvalue weighted by Crippen LogP contribution is -2.05. The van der Waals surface area contributed by atoms with Crippen molar-refractivity contribution in [3.8, 4) is 0 Å². The fraction of sp³-hybridized carbons (Fsp3) is 0.143. The van der Waals surface area contributed by atoms with Crippen LogP contribution in [0, 0.1) is 6.92 Å². The number of benzene rings is 1. The van der Waals surface area contributed by atoms with Crippen molar-refractivity contribution in [2.24, 2.45) is 4.99 Å². The lowest BCUT2D eigenvalue weighted by Gasteiger charge is -2.01. The van der Waals surface area contributed by atoms with E-state index in [0.717, 1.165) is 10.0 Å². The molecular weight excluding hydrogens is 340 g/mol. The van der Waals surface area contributed by atoms with Crippen LogP contribution in [0.25, 0.3) is 0 Å². The molecule has 20 heavy (non-hydrogen) atoms. The van der Waals surface area contributed by atoms with Crippen molar-refractivity contribution in [3.63, 3.8) is 0 Å². The Labute approximate surface area is 126 Å². The molecule has 0 saturated heterocycles. The molecule has 1 aromatic heterocycles. The molecule has 0 atom stereocenters. The number of rotatable bonds is 4. The van der Waals surface area contributed by atoms with Crippen molar-refractivity contribution in [2.75, 3.05) is 5.88 Å². The van der Waals surface area contributed by atoms with Gasteiger partial charge < -0.3 is 0 Å². The average molecular weight is 353 g/mol. The molecule has 2 rings (SSSR count). The molecule has 104 valence electrons. The van der Waals surface area contributed by atoms with Crippen LogP contribution in [-0.2, 0) is 9.84 Å². The topological polar surface area (TPSA) is 59.4 Å². The molecule has 1 aromatic carbocycles. The molecule has 0 fully saturated rings. The molecule has 0 aliphatic rings. The molecule has 0 amide bonds. The summed E-state index contributed by atoms with van der Waals surface area (Å²) in [4.78, 5) is 8.31. The highest BCUT2D eigenvalue weighted by Crippen LogP contribution is 2.12. The van der Waals surface area contributed by atoms with E-state index < -0.39 is 9.84 Å². The third-order valence-electron chi connectivity index (χ3n) is 2.59. The van der Waals surface area contributed by atoms with E-state index in [-0.39, 0.29) is 10.8 Å². The Morgan fingerprint density at radius 1 is 1.25 bits per heavy atom. The molecular formula is C14H13BrN2O2S. The molecule has 0 bridgehead atoms. The minimum absolute atomic E-state index is 0.280. The summed E-state index contributed by atoms with van der Waals surface area (Å²) in [6, 6.07) is 10.3. The van der Waals surface area contributed by atoms with Crippen LogP contribution in [0.4, 0.5) is 0 Å². The molecule has 1 heterocycles. The van der Waals surface area contributed by atoms with Gasteiger partial charge in [0.25, 0.3) is 0 Å². The number of halogens is 1. The number of hydrogen-bond acceptors (Lipinski definition) is 4. The number of aryl methyl sites for hydroxylation is 1. The van der Waals surface area contributed by atoms with Crippen molar-refractivity contribution in [2.45, 2.75) is 11.8 Å². The van der Waals surface area contributed by atoms with Gasteiger partial charge in [-0.3, -0.25) is 9.98 Å². The molecule has 0 radical (unpaired) electrons. The van der Waals surface area contributed by atoms with Crippen molar-refractivity contribution >= 4 is 32.0 Å². The summed E-state index contributed by atoms with van der Waals surface area (Å²) in [6.07, 6.45) is 3.08. The first kappa shape index (κ1) is 14.9. The smallest absolute Gasteiger partial charge is 0.198 e. The largest absolute Gasteiger partial charge is 0.274 e. The van der Waals surface area contributed by atoms with Gasteiger partial charge in [0.05, 0.1) is 10.6 Å². The van der Waals surface area contributed by atoms with Gasteiger partial charge in [-0.15, -0.1) is 0 Å². The summed E-state index contributed by atoms with van der Waals surface area (Å²) < 4.78 is 25.0. The van der Waals surface area contributed by atoms with Crippen molar-refractivity contribution in [1.29, 1.82) is 0 Å². The zero-order valence-corrected chi connectivity index (χ0v) is 13.2. The quantitative estimate of drug-likeness (QED) is 0.794. The van der Waals surface area contributed by atoms with Crippen LogP contribution in [0.15, 0.2) is 57.0 Å². The first-order valence-corrected chi connectivity index (χ1v) is 8.33. The van der Waals surface area contributed by atoms with Crippen LogP contribution in [0.1, 0.15) is 11.3 Å². The van der Waals surface area contributed by atoms with Gasteiger partial charge in [0.15, 0.2) is 9.84 Å². The molecule has 2 aromatic rings. The maximum Gasteiger partial charge on any atom is 0.198 e. The van der Waals surface area contributed by atoms with Gasteiger partial charge in [0.1, 0.15) is 5.88 Å². The van der Waals surface area contributed by atoms with Crippen LogP contribution in [0.2, 0.25) is 0 Å². The van der Waals surface area contributed by atoms with Crippen LogP contribution in [-0.4, -0.2) is 25.5 Å². The average Bonchev–Trinajstić information content (AvgIpc) is 2.39. The Morgan fingerprint density at radius 2 is 1.95 bits per heavy atom. The second-order valence-corrected chi connectivity index (χ2v) is 7.14. The summed E-state index contributed by atoms with van der Waals surface area (Å²) in [7, 11) is -3.39. The van der Waals surface area contributed by atoms with Gasteiger partial charge in [-0.25, -0.2) is 8.42 Å². The number of aromatic nitrogens is 1. The van der Waals surface area contributed by atoms with Crippen LogP contribution in [0.3, 0.4) is 0 Å². The number of nitrogens with zero attached hydrogens (tertiary/aromatic N) is 2. The van der Waals surface area contributed by atoms with Gasteiger partial charge >= 0.3 is 0 Å². The molecule has 0 spiro atoms. The molecule has 0 aliphatic heterocycles. The van der Waals surface area contributed by atoms with Crippen LogP contribution >= 0.6 is 15.9 Å². The molecule has 0 unspecified atom stereocenters. The maximum atomic E-state index is 12.1. The fourth-order valence-electron chi connectivity index (χ4n) is 1.54. The molecule has 0 saturated carbocycles. The second-order valence-electron chi connectivity index (χ2n) is 4.27. The Bertz CT molecular complexity index is 725. The van der Waals surface area contributed by atoms with E-state index in [1.54, 1.807) is 42.6 Å². The highest BCUT2D eigenvalue weighted by molar-refractivity contribution is 9.10. The summed E-state index contributed by atoms with van der Waals surface area (Å²) >= 11 is 3.32. The lowest BCUT2D eigenvalue weighted by molar-refractivity contribution is 0.596. The summed E-state index contributed by atoms with van der Waals surface area (Å²) in [5, 5.41) is 0. The summed E-state index contributed by atoms with van der Waals surface area (Å²) in [6.45, 7) is 1.91. The van der Waals surface area contributed by atoms with Gasteiger partial charge in [-0.1, -0.05) is 33.6 Å². The van der Waals surface area contributed by atoms with E-state index in [1.807, 2.05) is 6.92 Å². The second kappa shape index (κ2) is 6.28. The fourth-order valence-corrected chi connectivity index (χ4v) is 2.86. The summed E-state index contributed by atoms with van der Waals surface area (Å²) in [5.74, 6) is -0.287. The van der Waals surface area contributed by atoms with Crippen molar-refractivity contribution in [1.82, 2.24) is 4.98 Å². The van der Waals surface area contributed by atoms with Crippen LogP contribution < -0.4 is 0 Å². The third-order valence-corrected chi connectivity index (χ3v) is 4.56. The minimum Gasteiger partial charge on any atom is -0.274 e. The van der Waals surface area contributed by atoms with E-state index in [0.29, 0.717) is 5.69 Å². The third kappa shape index (κ3) is 3.98. The van der Waals surface area contributed by atoms with Gasteiger partial charge in [-0.2, -0.15) is 0 Å². The normalized spacial score (nSPS) is 11.9. The Balaban J connectivity index is 2.11. The Hall–Kier alpha value is -1.53. The predicted molar refractivity (Wildman–Crippen MR) is 82.8 cm³/mol. The number of aliphatic imine (C=N–C) groups is 1. The number of sulfone groups is 1. The zero-order chi connectivity index (χ0) is 14.6. The van der Waals surface area contributed by atoms with E-state index in [1.165, 1.54) is 6.21 Å². The predicted octanol–water partition coefficient (Wildman–Crippen LogP) is 3.00. The van der Waals surface area contributed by atoms with E-state index in [4.69, 9.17) is 0 Å². The van der Waals surface area contributed by atoms with Gasteiger partial charge in [-0.05, 0) is 31.2 Å². The molecule has 4 nitrogen and oxygen atoms in total. The SMILES string of the molecule is Cc1ccc(S(=O)(=O)CN=Cc2cc(Br)ccn2)cc1. The molecule has 0 N–H and O–H groups in total. The monoisotopic (exact) mass is 352 g/mol. The highest BCUT2D eigenvalue weighted by Gasteiger charge is 2.12. The first-order valence-electron chi connectivity index (χ1n) is 5.88.